The fourth-order valence-electron chi connectivity index (χ4n) is 9.19. The predicted octanol–water partition coefficient (Wildman–Crippen LogP) is 12.4. The molecule has 2 heterocycles. The third-order valence-corrected chi connectivity index (χ3v) is 12.6. The zero-order valence-corrected chi connectivity index (χ0v) is 36.6. The number of nitrogens with zero attached hydrogens (tertiary/aromatic N) is 4. The highest BCUT2D eigenvalue weighted by Gasteiger charge is 2.44. The Hall–Kier alpha value is -5.27. The van der Waals surface area contributed by atoms with Gasteiger partial charge in [0.15, 0.2) is 10.5 Å². The zero-order chi connectivity index (χ0) is 41.5. The van der Waals surface area contributed by atoms with Gasteiger partial charge in [0.25, 0.3) is 5.56 Å². The fraction of sp³-hybridized carbons (Fsp3) is 0.353. The molecule has 1 aliphatic heterocycles. The number of allylic oxidation sites excluding steroid dienone is 8. The third kappa shape index (κ3) is 7.23. The second-order valence-corrected chi connectivity index (χ2v) is 17.5. The standard InChI is InChI=1S/C51H58N4O2S/c1-10-52(40-28-25-34-19-14-15-20-37(34)31-40)43(50(5,6)7)29-26-35-23-18-24-36(45(35)46-47(56)54(12-3)49(58)55(13-4)48(46)57)27-30-44-51(8,9)41-32-38-21-16-17-22-39(38)33-42(41)53(44)11-2/h14-17,19-22,25-33H,10-13,18,23-24H2,1-9H3/p+1/b35-26+,43-29+. The molecule has 0 unspecified atom stereocenters. The first-order valence-electron chi connectivity index (χ1n) is 21.1. The van der Waals surface area contributed by atoms with Gasteiger partial charge in [-0.3, -0.25) is 13.9 Å². The van der Waals surface area contributed by atoms with Gasteiger partial charge in [-0.25, -0.2) is 0 Å². The summed E-state index contributed by atoms with van der Waals surface area (Å²) in [7, 11) is 0. The fourth-order valence-corrected chi connectivity index (χ4v) is 9.62. The molecule has 1 N–H and O–H groups in total. The van der Waals surface area contributed by atoms with Crippen LogP contribution in [0.4, 0.5) is 11.4 Å². The van der Waals surface area contributed by atoms with Crippen molar-refractivity contribution in [2.24, 2.45) is 5.41 Å². The molecule has 0 saturated heterocycles. The van der Waals surface area contributed by atoms with Crippen LogP contribution >= 0.6 is 12.2 Å². The van der Waals surface area contributed by atoms with E-state index in [1.54, 1.807) is 9.13 Å². The van der Waals surface area contributed by atoms with E-state index in [2.05, 4.69) is 161 Å². The topological polar surface area (TPSA) is 53.4 Å². The van der Waals surface area contributed by atoms with Gasteiger partial charge < -0.3 is 10.0 Å². The number of anilines is 1. The van der Waals surface area contributed by atoms with E-state index < -0.39 is 0 Å². The Morgan fingerprint density at radius 1 is 0.862 bits per heavy atom. The first kappa shape index (κ1) is 40.9. The van der Waals surface area contributed by atoms with Crippen LogP contribution in [0.3, 0.4) is 0 Å². The summed E-state index contributed by atoms with van der Waals surface area (Å²) in [6.45, 7) is 22.2. The molecule has 0 saturated carbocycles. The molecule has 2 aliphatic rings. The summed E-state index contributed by atoms with van der Waals surface area (Å²) < 4.78 is 6.09. The molecule has 58 heavy (non-hydrogen) atoms. The zero-order valence-electron chi connectivity index (χ0n) is 35.8. The minimum Gasteiger partial charge on any atom is -0.494 e. The number of aromatic hydroxyl groups is 1. The molecule has 0 radical (unpaired) electrons. The number of fused-ring (bicyclic) bond motifs is 3. The number of rotatable bonds is 10. The second-order valence-electron chi connectivity index (χ2n) is 17.1. The van der Waals surface area contributed by atoms with Crippen molar-refractivity contribution in [2.45, 2.75) is 100 Å². The Kier molecular flexibility index (Phi) is 11.4. The lowest BCUT2D eigenvalue weighted by molar-refractivity contribution is -0.433. The van der Waals surface area contributed by atoms with Crippen LogP contribution in [0.25, 0.3) is 27.1 Å². The van der Waals surface area contributed by atoms with Gasteiger partial charge in [0.1, 0.15) is 12.1 Å². The van der Waals surface area contributed by atoms with Crippen LogP contribution in [-0.4, -0.2) is 37.6 Å². The summed E-state index contributed by atoms with van der Waals surface area (Å²) in [5, 5.41) is 16.9. The summed E-state index contributed by atoms with van der Waals surface area (Å²) in [5.41, 5.74) is 8.60. The highest BCUT2D eigenvalue weighted by Crippen LogP contribution is 2.44. The second kappa shape index (κ2) is 16.2. The van der Waals surface area contributed by atoms with E-state index in [9.17, 15) is 9.90 Å². The van der Waals surface area contributed by atoms with Crippen molar-refractivity contribution < 1.29 is 9.68 Å². The summed E-state index contributed by atoms with van der Waals surface area (Å²) in [5.74, 6) is -0.0644. The van der Waals surface area contributed by atoms with Crippen molar-refractivity contribution >= 4 is 56.4 Å². The van der Waals surface area contributed by atoms with Crippen molar-refractivity contribution in [3.8, 4) is 5.88 Å². The average molecular weight is 792 g/mol. The van der Waals surface area contributed by atoms with E-state index in [1.807, 2.05) is 13.8 Å². The van der Waals surface area contributed by atoms with E-state index >= 15 is 0 Å². The first-order valence-corrected chi connectivity index (χ1v) is 21.5. The lowest BCUT2D eigenvalue weighted by Gasteiger charge is -2.35. The van der Waals surface area contributed by atoms with Crippen LogP contribution in [0.1, 0.15) is 92.7 Å². The maximum absolute atomic E-state index is 14.6. The summed E-state index contributed by atoms with van der Waals surface area (Å²) >= 11 is 5.77. The van der Waals surface area contributed by atoms with Gasteiger partial charge in [-0.1, -0.05) is 87.5 Å². The molecular weight excluding hydrogens is 733 g/mol. The lowest BCUT2D eigenvalue weighted by Crippen LogP contribution is -2.30. The highest BCUT2D eigenvalue weighted by molar-refractivity contribution is 7.71. The number of hydrogen-bond acceptors (Lipinski definition) is 4. The van der Waals surface area contributed by atoms with Crippen LogP contribution in [0, 0.1) is 10.2 Å². The summed E-state index contributed by atoms with van der Waals surface area (Å²) in [6.07, 6.45) is 11.4. The number of aromatic nitrogens is 2. The monoisotopic (exact) mass is 791 g/mol. The maximum atomic E-state index is 14.6. The van der Waals surface area contributed by atoms with Gasteiger partial charge in [0, 0.05) is 54.1 Å². The molecule has 1 aromatic heterocycles. The highest BCUT2D eigenvalue weighted by atomic mass is 32.1. The Bertz CT molecular complexity index is 2710. The quantitative estimate of drug-likeness (QED) is 0.113. The van der Waals surface area contributed by atoms with Crippen LogP contribution in [0.5, 0.6) is 5.88 Å². The van der Waals surface area contributed by atoms with E-state index in [0.717, 1.165) is 54.8 Å². The van der Waals surface area contributed by atoms with E-state index in [0.29, 0.717) is 23.4 Å². The molecule has 300 valence electrons. The molecular formula is C51H59N4O2S+. The Balaban J connectivity index is 1.44. The predicted molar refractivity (Wildman–Crippen MR) is 247 cm³/mol. The van der Waals surface area contributed by atoms with Crippen molar-refractivity contribution in [3.63, 3.8) is 0 Å². The number of hydrogen-bond donors (Lipinski definition) is 1. The minimum absolute atomic E-state index is 0.0644. The number of benzene rings is 4. The largest absolute Gasteiger partial charge is 0.494 e. The third-order valence-electron chi connectivity index (χ3n) is 12.2. The molecule has 0 atom stereocenters. The molecule has 6 nitrogen and oxygen atoms in total. The van der Waals surface area contributed by atoms with E-state index in [-0.39, 0.29) is 22.3 Å². The first-order chi connectivity index (χ1) is 27.7. The molecule has 0 amide bonds. The van der Waals surface area contributed by atoms with Gasteiger partial charge in [-0.15, -0.1) is 0 Å². The van der Waals surface area contributed by atoms with E-state index in [1.165, 1.54) is 44.2 Å². The molecule has 5 aromatic rings. The Morgan fingerprint density at radius 3 is 2.12 bits per heavy atom. The molecule has 1 aliphatic carbocycles. The van der Waals surface area contributed by atoms with Gasteiger partial charge in [-0.2, -0.15) is 4.58 Å². The van der Waals surface area contributed by atoms with E-state index in [4.69, 9.17) is 12.2 Å². The molecule has 7 rings (SSSR count). The summed E-state index contributed by atoms with van der Waals surface area (Å²) in [4.78, 5) is 17.0. The molecule has 0 fully saturated rings. The molecule has 7 heteroatoms. The van der Waals surface area contributed by atoms with Crippen molar-refractivity contribution in [1.29, 1.82) is 0 Å². The molecule has 0 bridgehead atoms. The van der Waals surface area contributed by atoms with Crippen molar-refractivity contribution in [2.75, 3.05) is 18.0 Å². The van der Waals surface area contributed by atoms with Crippen molar-refractivity contribution in [3.05, 3.63) is 146 Å². The van der Waals surface area contributed by atoms with Crippen LogP contribution in [0.2, 0.25) is 0 Å². The van der Waals surface area contributed by atoms with Gasteiger partial charge in [0.2, 0.25) is 11.6 Å². The molecule has 0 spiro atoms. The normalized spacial score (nSPS) is 16.7. The van der Waals surface area contributed by atoms with Gasteiger partial charge >= 0.3 is 0 Å². The smallest absolute Gasteiger partial charge is 0.266 e. The average Bonchev–Trinajstić information content (AvgIpc) is 3.41. The van der Waals surface area contributed by atoms with Crippen LogP contribution in [-0.2, 0) is 18.5 Å². The van der Waals surface area contributed by atoms with Gasteiger partial charge in [-0.05, 0) is 136 Å². The molecule has 4 aromatic carbocycles. The SMILES string of the molecule is CCN(/C(=C/C=C1\CCCC(/C=C/C2=[N+](CC)c3cc4ccccc4cc3C2(C)C)=C1c1c(O)n(CC)c(=S)n(CC)c1=O)C(C)(C)C)c1ccc2ccccc2c1. The van der Waals surface area contributed by atoms with Crippen molar-refractivity contribution in [1.82, 2.24) is 9.13 Å². The minimum atomic E-state index is -0.252. The Labute approximate surface area is 349 Å². The van der Waals surface area contributed by atoms with Crippen LogP contribution in [0.15, 0.2) is 125 Å². The maximum Gasteiger partial charge on any atom is 0.266 e. The Morgan fingerprint density at radius 2 is 1.50 bits per heavy atom. The van der Waals surface area contributed by atoms with Gasteiger partial charge in [0.05, 0.1) is 5.41 Å². The van der Waals surface area contributed by atoms with Crippen LogP contribution < -0.4 is 10.5 Å². The summed E-state index contributed by atoms with van der Waals surface area (Å²) in [6, 6.07) is 28.4. The lowest BCUT2D eigenvalue weighted by atomic mass is 9.79.